The van der Waals surface area contributed by atoms with Crippen LogP contribution in [0, 0.1) is 13.8 Å². The third-order valence-electron chi connectivity index (χ3n) is 3.41. The summed E-state index contributed by atoms with van der Waals surface area (Å²) < 4.78 is 0. The molecule has 1 N–H and O–H groups in total. The van der Waals surface area contributed by atoms with Crippen molar-refractivity contribution >= 4 is 35.0 Å². The molecule has 0 saturated carbocycles. The molecule has 1 atom stereocenters. The summed E-state index contributed by atoms with van der Waals surface area (Å²) in [7, 11) is 0. The number of hydrogen-bond donors (Lipinski definition) is 1. The number of aryl methyl sites for hydroxylation is 2. The van der Waals surface area contributed by atoms with E-state index in [9.17, 15) is 4.79 Å². The number of anilines is 1. The first-order chi connectivity index (χ1) is 10.5. The van der Waals surface area contributed by atoms with Crippen LogP contribution in [0.3, 0.4) is 0 Å². The normalized spacial score (nSPS) is 12.0. The fourth-order valence-corrected chi connectivity index (χ4v) is 3.16. The first-order valence-corrected chi connectivity index (χ1v) is 8.55. The summed E-state index contributed by atoms with van der Waals surface area (Å²) in [6, 6.07) is 13.7. The Morgan fingerprint density at radius 1 is 1.18 bits per heavy atom. The third-order valence-corrected chi connectivity index (χ3v) is 5.03. The zero-order chi connectivity index (χ0) is 16.1. The number of carbonyl (C=O) groups is 1. The van der Waals surface area contributed by atoms with E-state index in [1.165, 1.54) is 0 Å². The summed E-state index contributed by atoms with van der Waals surface area (Å²) in [6.07, 6.45) is 0.768. The number of benzene rings is 2. The number of thioether (sulfide) groups is 1. The molecule has 2 rings (SSSR count). The van der Waals surface area contributed by atoms with E-state index in [4.69, 9.17) is 11.6 Å². The molecule has 116 valence electrons. The van der Waals surface area contributed by atoms with Crippen molar-refractivity contribution in [2.75, 3.05) is 5.32 Å². The molecule has 2 nitrogen and oxygen atoms in total. The molecule has 22 heavy (non-hydrogen) atoms. The number of rotatable bonds is 5. The predicted molar refractivity (Wildman–Crippen MR) is 95.9 cm³/mol. The van der Waals surface area contributed by atoms with E-state index < -0.39 is 0 Å². The Kier molecular flexibility index (Phi) is 5.92. The lowest BCUT2D eigenvalue weighted by Crippen LogP contribution is -2.25. The van der Waals surface area contributed by atoms with E-state index in [0.717, 1.165) is 28.1 Å². The molecular formula is C18H20ClNOS. The van der Waals surface area contributed by atoms with Crippen LogP contribution >= 0.6 is 23.4 Å². The summed E-state index contributed by atoms with van der Waals surface area (Å²) in [4.78, 5) is 13.6. The molecule has 0 fully saturated rings. The van der Waals surface area contributed by atoms with Gasteiger partial charge in [-0.1, -0.05) is 30.7 Å². The van der Waals surface area contributed by atoms with Gasteiger partial charge in [0.05, 0.1) is 5.25 Å². The summed E-state index contributed by atoms with van der Waals surface area (Å²) >= 11 is 7.46. The van der Waals surface area contributed by atoms with Gasteiger partial charge in [-0.2, -0.15) is 0 Å². The fraction of sp³-hybridized carbons (Fsp3) is 0.278. The standard InChI is InChI=1S/C18H20ClNOS/c1-4-17(22-15-9-7-14(19)8-10-15)18(21)20-16-11-12(2)5-6-13(16)3/h5-11,17H,4H2,1-3H3,(H,20,21)/t17-/m0/s1. The minimum atomic E-state index is -0.124. The lowest BCUT2D eigenvalue weighted by molar-refractivity contribution is -0.115. The highest BCUT2D eigenvalue weighted by atomic mass is 35.5. The van der Waals surface area contributed by atoms with Crippen LogP contribution in [0.5, 0.6) is 0 Å². The minimum Gasteiger partial charge on any atom is -0.325 e. The average Bonchev–Trinajstić information content (AvgIpc) is 2.50. The molecule has 0 aliphatic heterocycles. The number of hydrogen-bond acceptors (Lipinski definition) is 2. The monoisotopic (exact) mass is 333 g/mol. The van der Waals surface area contributed by atoms with Crippen molar-refractivity contribution in [1.29, 1.82) is 0 Å². The van der Waals surface area contributed by atoms with E-state index in [2.05, 4.69) is 5.32 Å². The first kappa shape index (κ1) is 16.9. The Morgan fingerprint density at radius 3 is 2.50 bits per heavy atom. The van der Waals surface area contributed by atoms with Gasteiger partial charge in [-0.05, 0) is 61.7 Å². The Labute approximate surface area is 141 Å². The SMILES string of the molecule is CC[C@H](Sc1ccc(Cl)cc1)C(=O)Nc1cc(C)ccc1C. The van der Waals surface area contributed by atoms with E-state index >= 15 is 0 Å². The number of carbonyl (C=O) groups excluding carboxylic acids is 1. The van der Waals surface area contributed by atoms with Crippen molar-refractivity contribution < 1.29 is 4.79 Å². The van der Waals surface area contributed by atoms with Crippen molar-refractivity contribution in [3.05, 3.63) is 58.6 Å². The van der Waals surface area contributed by atoms with Gasteiger partial charge in [0.15, 0.2) is 0 Å². The van der Waals surface area contributed by atoms with Gasteiger partial charge >= 0.3 is 0 Å². The molecule has 0 radical (unpaired) electrons. The highest BCUT2D eigenvalue weighted by Gasteiger charge is 2.18. The van der Waals surface area contributed by atoms with E-state index in [1.807, 2.05) is 63.2 Å². The van der Waals surface area contributed by atoms with Gasteiger partial charge in [0, 0.05) is 15.6 Å². The van der Waals surface area contributed by atoms with Crippen LogP contribution in [0.1, 0.15) is 24.5 Å². The minimum absolute atomic E-state index is 0.0381. The van der Waals surface area contributed by atoms with Gasteiger partial charge in [0.2, 0.25) is 5.91 Å². The molecule has 0 aliphatic carbocycles. The molecule has 0 bridgehead atoms. The van der Waals surface area contributed by atoms with E-state index in [1.54, 1.807) is 11.8 Å². The first-order valence-electron chi connectivity index (χ1n) is 7.30. The van der Waals surface area contributed by atoms with Crippen molar-refractivity contribution in [3.8, 4) is 0 Å². The van der Waals surface area contributed by atoms with Crippen molar-refractivity contribution in [3.63, 3.8) is 0 Å². The van der Waals surface area contributed by atoms with Gasteiger partial charge in [0.1, 0.15) is 0 Å². The Morgan fingerprint density at radius 2 is 1.86 bits per heavy atom. The second-order valence-corrected chi connectivity index (χ2v) is 6.99. The van der Waals surface area contributed by atoms with Crippen LogP contribution in [0.15, 0.2) is 47.4 Å². The van der Waals surface area contributed by atoms with Crippen molar-refractivity contribution in [2.45, 2.75) is 37.3 Å². The molecule has 0 unspecified atom stereocenters. The van der Waals surface area contributed by atoms with Gasteiger partial charge in [-0.25, -0.2) is 0 Å². The van der Waals surface area contributed by atoms with Crippen LogP contribution in [0.2, 0.25) is 5.02 Å². The van der Waals surface area contributed by atoms with Gasteiger partial charge in [-0.15, -0.1) is 11.8 Å². The number of halogens is 1. The molecule has 0 aromatic heterocycles. The van der Waals surface area contributed by atoms with E-state index in [0.29, 0.717) is 5.02 Å². The topological polar surface area (TPSA) is 29.1 Å². The largest absolute Gasteiger partial charge is 0.325 e. The van der Waals surface area contributed by atoms with Crippen LogP contribution in [-0.2, 0) is 4.79 Å². The van der Waals surface area contributed by atoms with Crippen LogP contribution in [-0.4, -0.2) is 11.2 Å². The van der Waals surface area contributed by atoms with Crippen LogP contribution in [0.25, 0.3) is 0 Å². The van der Waals surface area contributed by atoms with Crippen molar-refractivity contribution in [1.82, 2.24) is 0 Å². The van der Waals surface area contributed by atoms with E-state index in [-0.39, 0.29) is 11.2 Å². The summed E-state index contributed by atoms with van der Waals surface area (Å²) in [5.41, 5.74) is 3.10. The second-order valence-electron chi connectivity index (χ2n) is 5.28. The van der Waals surface area contributed by atoms with Gasteiger partial charge < -0.3 is 5.32 Å². The summed E-state index contributed by atoms with van der Waals surface area (Å²) in [6.45, 7) is 6.05. The maximum atomic E-state index is 12.5. The molecule has 0 saturated heterocycles. The lowest BCUT2D eigenvalue weighted by atomic mass is 10.1. The zero-order valence-electron chi connectivity index (χ0n) is 13.0. The van der Waals surface area contributed by atoms with Gasteiger partial charge in [0.25, 0.3) is 0 Å². The highest BCUT2D eigenvalue weighted by molar-refractivity contribution is 8.00. The molecule has 4 heteroatoms. The molecule has 2 aromatic rings. The number of amides is 1. The average molecular weight is 334 g/mol. The highest BCUT2D eigenvalue weighted by Crippen LogP contribution is 2.28. The van der Waals surface area contributed by atoms with Crippen LogP contribution < -0.4 is 5.32 Å². The smallest absolute Gasteiger partial charge is 0.237 e. The Balaban J connectivity index is 2.08. The molecular weight excluding hydrogens is 314 g/mol. The second kappa shape index (κ2) is 7.70. The Hall–Kier alpha value is -1.45. The Bertz CT molecular complexity index is 655. The number of nitrogens with one attached hydrogen (secondary N) is 1. The summed E-state index contributed by atoms with van der Waals surface area (Å²) in [5.74, 6) is 0.0381. The quantitative estimate of drug-likeness (QED) is 0.735. The predicted octanol–water partition coefficient (Wildman–Crippen LogP) is 5.47. The fourth-order valence-electron chi connectivity index (χ4n) is 2.08. The third kappa shape index (κ3) is 4.52. The molecule has 0 aliphatic rings. The molecule has 2 aromatic carbocycles. The molecule has 0 heterocycles. The molecule has 0 spiro atoms. The maximum absolute atomic E-state index is 12.5. The molecule has 1 amide bonds. The summed E-state index contributed by atoms with van der Waals surface area (Å²) in [5, 5.41) is 3.63. The zero-order valence-corrected chi connectivity index (χ0v) is 14.6. The maximum Gasteiger partial charge on any atom is 0.237 e. The lowest BCUT2D eigenvalue weighted by Gasteiger charge is -2.16. The van der Waals surface area contributed by atoms with Crippen molar-refractivity contribution in [2.24, 2.45) is 0 Å². The van der Waals surface area contributed by atoms with Gasteiger partial charge in [-0.3, -0.25) is 4.79 Å². The van der Waals surface area contributed by atoms with Crippen LogP contribution in [0.4, 0.5) is 5.69 Å².